The molecule has 2 fully saturated rings. The van der Waals surface area contributed by atoms with Crippen molar-refractivity contribution in [1.82, 2.24) is 15.8 Å². The molecule has 3 rings (SSSR count). The van der Waals surface area contributed by atoms with Crippen LogP contribution in [0.1, 0.15) is 32.6 Å². The highest BCUT2D eigenvalue weighted by atomic mass is 16.6. The van der Waals surface area contributed by atoms with Crippen molar-refractivity contribution in [2.24, 2.45) is 5.92 Å². The van der Waals surface area contributed by atoms with Crippen molar-refractivity contribution in [2.75, 3.05) is 13.2 Å². The molecule has 28 heavy (non-hydrogen) atoms. The van der Waals surface area contributed by atoms with Crippen molar-refractivity contribution in [3.63, 3.8) is 0 Å². The van der Waals surface area contributed by atoms with Gasteiger partial charge in [-0.3, -0.25) is 15.0 Å². The molecule has 1 aromatic carbocycles. The summed E-state index contributed by atoms with van der Waals surface area (Å²) in [4.78, 5) is 48.4. The van der Waals surface area contributed by atoms with Crippen LogP contribution < -0.4 is 15.5 Å². The van der Waals surface area contributed by atoms with Gasteiger partial charge in [0.15, 0.2) is 13.2 Å². The first kappa shape index (κ1) is 19.7. The van der Waals surface area contributed by atoms with Gasteiger partial charge in [0.2, 0.25) is 0 Å². The summed E-state index contributed by atoms with van der Waals surface area (Å²) in [5.41, 5.74) is 1.26. The van der Waals surface area contributed by atoms with Crippen molar-refractivity contribution in [3.8, 4) is 5.75 Å². The van der Waals surface area contributed by atoms with Crippen LogP contribution >= 0.6 is 0 Å². The molecule has 9 heteroatoms. The van der Waals surface area contributed by atoms with Crippen LogP contribution in [0, 0.1) is 5.92 Å². The van der Waals surface area contributed by atoms with Crippen molar-refractivity contribution in [2.45, 2.75) is 38.1 Å². The lowest BCUT2D eigenvalue weighted by Crippen LogP contribution is -2.52. The van der Waals surface area contributed by atoms with Gasteiger partial charge in [0.1, 0.15) is 11.3 Å². The Morgan fingerprint density at radius 3 is 2.54 bits per heavy atom. The smallest absolute Gasteiger partial charge is 0.344 e. The van der Waals surface area contributed by atoms with Gasteiger partial charge in [0, 0.05) is 0 Å². The van der Waals surface area contributed by atoms with Crippen LogP contribution in [0.4, 0.5) is 4.79 Å². The van der Waals surface area contributed by atoms with E-state index in [1.807, 2.05) is 6.07 Å². The third-order valence-electron chi connectivity index (χ3n) is 4.99. The quantitative estimate of drug-likeness (QED) is 0.557. The van der Waals surface area contributed by atoms with E-state index < -0.39 is 36.0 Å². The fourth-order valence-corrected chi connectivity index (χ4v) is 3.32. The van der Waals surface area contributed by atoms with Gasteiger partial charge in [0.05, 0.1) is 0 Å². The molecule has 150 valence electrons. The number of urea groups is 1. The summed E-state index contributed by atoms with van der Waals surface area (Å²) in [6.07, 6.45) is 2.73. The standard InChI is InChI=1S/C19H23N3O6/c1-13-7-9-19(10-8-13)17(25)22(18(26)20-19)21-15(23)11-28-16(24)12-27-14-5-3-2-4-6-14/h2-6,13H,7-12H2,1H3,(H,20,26)(H,21,23). The molecule has 4 amide bonds. The minimum atomic E-state index is -0.947. The van der Waals surface area contributed by atoms with Crippen LogP contribution in [-0.4, -0.2) is 47.6 Å². The molecule has 1 heterocycles. The first-order valence-electron chi connectivity index (χ1n) is 9.19. The van der Waals surface area contributed by atoms with Crippen LogP contribution in [0.3, 0.4) is 0 Å². The molecule has 0 bridgehead atoms. The van der Waals surface area contributed by atoms with Crippen molar-refractivity contribution >= 4 is 23.8 Å². The fraction of sp³-hybridized carbons (Fsp3) is 0.474. The van der Waals surface area contributed by atoms with E-state index in [0.29, 0.717) is 29.5 Å². The summed E-state index contributed by atoms with van der Waals surface area (Å²) in [5, 5.41) is 3.37. The number of nitrogens with zero attached hydrogens (tertiary/aromatic N) is 1. The first-order valence-corrected chi connectivity index (χ1v) is 9.19. The Morgan fingerprint density at radius 1 is 1.18 bits per heavy atom. The number of hydrogen-bond donors (Lipinski definition) is 2. The Balaban J connectivity index is 1.45. The van der Waals surface area contributed by atoms with Crippen molar-refractivity contribution < 1.29 is 28.7 Å². The Kier molecular flexibility index (Phi) is 5.81. The molecular formula is C19H23N3O6. The molecule has 1 saturated heterocycles. The van der Waals surface area contributed by atoms with E-state index >= 15 is 0 Å². The van der Waals surface area contributed by atoms with E-state index in [0.717, 1.165) is 12.8 Å². The zero-order chi connectivity index (χ0) is 20.1. The molecule has 1 aliphatic heterocycles. The van der Waals surface area contributed by atoms with Gasteiger partial charge in [-0.05, 0) is 43.7 Å². The van der Waals surface area contributed by atoms with Gasteiger partial charge in [0.25, 0.3) is 11.8 Å². The van der Waals surface area contributed by atoms with Crippen LogP contribution in [0.15, 0.2) is 30.3 Å². The number of esters is 1. The maximum absolute atomic E-state index is 12.6. The number of amides is 4. The number of nitrogens with one attached hydrogen (secondary N) is 2. The average molecular weight is 389 g/mol. The lowest BCUT2D eigenvalue weighted by Gasteiger charge is -2.33. The number of ether oxygens (including phenoxy) is 2. The second kappa shape index (κ2) is 8.28. The van der Waals surface area contributed by atoms with Gasteiger partial charge in [-0.1, -0.05) is 25.1 Å². The minimum Gasteiger partial charge on any atom is -0.482 e. The molecule has 1 aliphatic carbocycles. The minimum absolute atomic E-state index is 0.359. The van der Waals surface area contributed by atoms with Crippen molar-refractivity contribution in [1.29, 1.82) is 0 Å². The highest BCUT2D eigenvalue weighted by Gasteiger charge is 2.52. The van der Waals surface area contributed by atoms with Gasteiger partial charge >= 0.3 is 12.0 Å². The van der Waals surface area contributed by atoms with E-state index in [2.05, 4.69) is 17.7 Å². The lowest BCUT2D eigenvalue weighted by molar-refractivity contribution is -0.152. The number of hydrogen-bond acceptors (Lipinski definition) is 6. The summed E-state index contributed by atoms with van der Waals surface area (Å²) in [6.45, 7) is 1.11. The predicted octanol–water partition coefficient (Wildman–Crippen LogP) is 1.14. The van der Waals surface area contributed by atoms with E-state index in [-0.39, 0.29) is 6.61 Å². The molecule has 9 nitrogen and oxygen atoms in total. The highest BCUT2D eigenvalue weighted by molar-refractivity contribution is 6.08. The molecule has 0 atom stereocenters. The Morgan fingerprint density at radius 2 is 1.86 bits per heavy atom. The monoisotopic (exact) mass is 389 g/mol. The molecule has 1 aromatic rings. The predicted molar refractivity (Wildman–Crippen MR) is 96.8 cm³/mol. The molecule has 1 spiro atoms. The molecular weight excluding hydrogens is 366 g/mol. The number of benzene rings is 1. The van der Waals surface area contributed by atoms with E-state index in [1.54, 1.807) is 24.3 Å². The number of hydrazine groups is 1. The van der Waals surface area contributed by atoms with Gasteiger partial charge in [-0.25, -0.2) is 9.59 Å². The summed E-state index contributed by atoms with van der Waals surface area (Å²) in [7, 11) is 0. The number of imide groups is 1. The zero-order valence-electron chi connectivity index (χ0n) is 15.6. The third-order valence-corrected chi connectivity index (χ3v) is 4.99. The second-order valence-electron chi connectivity index (χ2n) is 7.13. The largest absolute Gasteiger partial charge is 0.482 e. The van der Waals surface area contributed by atoms with Crippen LogP contribution in [0.2, 0.25) is 0 Å². The maximum atomic E-state index is 12.6. The fourth-order valence-electron chi connectivity index (χ4n) is 3.32. The normalized spacial score (nSPS) is 24.0. The number of carbonyl (C=O) groups excluding carboxylic acids is 4. The molecule has 2 N–H and O–H groups in total. The van der Waals surface area contributed by atoms with E-state index in [1.165, 1.54) is 0 Å². The van der Waals surface area contributed by atoms with Crippen LogP contribution in [0.25, 0.3) is 0 Å². The molecule has 0 unspecified atom stereocenters. The number of rotatable bonds is 6. The first-order chi connectivity index (χ1) is 13.4. The topological polar surface area (TPSA) is 114 Å². The SMILES string of the molecule is CC1CCC2(CC1)NC(=O)N(NC(=O)COC(=O)COc1ccccc1)C2=O. The summed E-state index contributed by atoms with van der Waals surface area (Å²) in [5.74, 6) is -1.00. The zero-order valence-corrected chi connectivity index (χ0v) is 15.6. The molecule has 1 saturated carbocycles. The maximum Gasteiger partial charge on any atom is 0.344 e. The van der Waals surface area contributed by atoms with Crippen LogP contribution in [0.5, 0.6) is 5.75 Å². The molecule has 2 aliphatic rings. The highest BCUT2D eigenvalue weighted by Crippen LogP contribution is 2.35. The lowest BCUT2D eigenvalue weighted by atomic mass is 9.77. The Labute approximate surface area is 162 Å². The number of carbonyl (C=O) groups is 4. The Bertz CT molecular complexity index is 758. The second-order valence-corrected chi connectivity index (χ2v) is 7.13. The van der Waals surface area contributed by atoms with Gasteiger partial charge < -0.3 is 14.8 Å². The van der Waals surface area contributed by atoms with Crippen molar-refractivity contribution in [3.05, 3.63) is 30.3 Å². The Hall–Kier alpha value is -3.10. The van der Waals surface area contributed by atoms with Gasteiger partial charge in [-0.2, -0.15) is 5.01 Å². The molecule has 0 aromatic heterocycles. The summed E-state index contributed by atoms with van der Waals surface area (Å²) < 4.78 is 10.0. The third kappa shape index (κ3) is 4.41. The summed E-state index contributed by atoms with van der Waals surface area (Å²) >= 11 is 0. The average Bonchev–Trinajstić information content (AvgIpc) is 2.92. The molecule has 0 radical (unpaired) electrons. The van der Waals surface area contributed by atoms with Crippen LogP contribution in [-0.2, 0) is 19.1 Å². The van der Waals surface area contributed by atoms with E-state index in [9.17, 15) is 19.2 Å². The van der Waals surface area contributed by atoms with E-state index in [4.69, 9.17) is 9.47 Å². The number of para-hydroxylation sites is 1. The van der Waals surface area contributed by atoms with Gasteiger partial charge in [-0.15, -0.1) is 0 Å². The summed E-state index contributed by atoms with van der Waals surface area (Å²) in [6, 6.07) is 8.01.